The van der Waals surface area contributed by atoms with Crippen LogP contribution in [0.4, 0.5) is 5.82 Å². The number of anilines is 1. The first-order valence-corrected chi connectivity index (χ1v) is 10.9. The van der Waals surface area contributed by atoms with Crippen LogP contribution in [0.15, 0.2) is 30.3 Å². The molecule has 0 spiro atoms. The molecule has 1 aliphatic carbocycles. The van der Waals surface area contributed by atoms with Crippen LogP contribution in [-0.4, -0.2) is 39.6 Å². The monoisotopic (exact) mass is 422 g/mol. The number of nitrogens with zero attached hydrogens (tertiary/aromatic N) is 5. The third-order valence-electron chi connectivity index (χ3n) is 5.20. The third kappa shape index (κ3) is 4.64. The Kier molecular flexibility index (Phi) is 5.76. The van der Waals surface area contributed by atoms with E-state index in [-0.39, 0.29) is 11.9 Å². The van der Waals surface area contributed by atoms with Crippen LogP contribution in [0, 0.1) is 13.8 Å². The molecule has 1 N–H and O–H groups in total. The summed E-state index contributed by atoms with van der Waals surface area (Å²) in [5.74, 6) is 2.12. The van der Waals surface area contributed by atoms with E-state index in [1.165, 1.54) is 0 Å². The summed E-state index contributed by atoms with van der Waals surface area (Å²) in [4.78, 5) is 25.0. The summed E-state index contributed by atoms with van der Waals surface area (Å²) < 4.78 is 3.89. The molecular weight excluding hydrogens is 396 g/mol. The number of amides is 1. The van der Waals surface area contributed by atoms with Crippen molar-refractivity contribution in [2.24, 2.45) is 0 Å². The van der Waals surface area contributed by atoms with E-state index < -0.39 is 0 Å². The van der Waals surface area contributed by atoms with E-state index in [1.807, 2.05) is 37.2 Å². The Hall–Kier alpha value is -2.87. The maximum absolute atomic E-state index is 12.9. The number of carbonyl (C=O) groups is 1. The molecule has 1 saturated carbocycles. The van der Waals surface area contributed by atoms with Gasteiger partial charge in [0.1, 0.15) is 16.5 Å². The van der Waals surface area contributed by atoms with Crippen LogP contribution in [-0.2, 0) is 6.42 Å². The lowest BCUT2D eigenvalue weighted by molar-refractivity contribution is 0.0939. The van der Waals surface area contributed by atoms with Crippen LogP contribution in [0.1, 0.15) is 62.8 Å². The molecule has 30 heavy (non-hydrogen) atoms. The Morgan fingerprint density at radius 1 is 1.23 bits per heavy atom. The van der Waals surface area contributed by atoms with Crippen molar-refractivity contribution >= 4 is 23.3 Å². The molecular formula is C22H26N6OS. The quantitative estimate of drug-likeness (QED) is 0.626. The highest BCUT2D eigenvalue weighted by molar-refractivity contribution is 7.08. The topological polar surface area (TPSA) is 83.9 Å². The molecule has 1 aliphatic rings. The van der Waals surface area contributed by atoms with Gasteiger partial charge in [-0.1, -0.05) is 34.3 Å². The van der Waals surface area contributed by atoms with E-state index >= 15 is 0 Å². The summed E-state index contributed by atoms with van der Waals surface area (Å²) in [6.45, 7) is 3.86. The summed E-state index contributed by atoms with van der Waals surface area (Å²) in [6, 6.07) is 10.0. The fourth-order valence-electron chi connectivity index (χ4n) is 3.37. The fraction of sp³-hybridized carbons (Fsp3) is 0.409. The second kappa shape index (κ2) is 8.47. The first-order valence-electron chi connectivity index (χ1n) is 10.1. The zero-order valence-electron chi connectivity index (χ0n) is 17.7. The molecule has 0 unspecified atom stereocenters. The molecule has 1 atom stereocenters. The molecule has 7 nitrogen and oxygen atoms in total. The summed E-state index contributed by atoms with van der Waals surface area (Å²) in [5, 5.41) is 7.15. The molecule has 156 valence electrons. The summed E-state index contributed by atoms with van der Waals surface area (Å²) in [7, 11) is 3.98. The first kappa shape index (κ1) is 20.4. The van der Waals surface area contributed by atoms with E-state index in [1.54, 1.807) is 6.92 Å². The maximum Gasteiger partial charge on any atom is 0.265 e. The minimum atomic E-state index is -0.212. The highest BCUT2D eigenvalue weighted by atomic mass is 32.1. The molecule has 2 heterocycles. The first-order chi connectivity index (χ1) is 14.4. The van der Waals surface area contributed by atoms with Gasteiger partial charge in [0.15, 0.2) is 0 Å². The van der Waals surface area contributed by atoms with E-state index in [2.05, 4.69) is 34.0 Å². The Bertz CT molecular complexity index is 1040. The van der Waals surface area contributed by atoms with Crippen LogP contribution in [0.5, 0.6) is 0 Å². The van der Waals surface area contributed by atoms with Gasteiger partial charge in [0.2, 0.25) is 0 Å². The fourth-order valence-corrected chi connectivity index (χ4v) is 3.93. The van der Waals surface area contributed by atoms with Gasteiger partial charge in [0.05, 0.1) is 11.7 Å². The molecule has 3 aromatic rings. The van der Waals surface area contributed by atoms with Crippen molar-refractivity contribution in [3.8, 4) is 0 Å². The average molecular weight is 423 g/mol. The number of hydrogen-bond donors (Lipinski definition) is 1. The SMILES string of the molecule is Cc1cccc([C@@H](Cc2cc(N(C)C)nc(C3CC3)n2)NC(=O)c2snnc2C)c1. The van der Waals surface area contributed by atoms with Crippen molar-refractivity contribution in [2.75, 3.05) is 19.0 Å². The zero-order valence-corrected chi connectivity index (χ0v) is 18.5. The second-order valence-corrected chi connectivity index (χ2v) is 8.83. The number of aromatic nitrogens is 4. The molecule has 4 rings (SSSR count). The predicted molar refractivity (Wildman–Crippen MR) is 118 cm³/mol. The lowest BCUT2D eigenvalue weighted by Gasteiger charge is -2.21. The van der Waals surface area contributed by atoms with Crippen LogP contribution < -0.4 is 10.2 Å². The molecule has 0 saturated heterocycles. The van der Waals surface area contributed by atoms with Gasteiger partial charge < -0.3 is 10.2 Å². The Morgan fingerprint density at radius 3 is 2.67 bits per heavy atom. The number of nitrogens with one attached hydrogen (secondary N) is 1. The molecule has 2 aromatic heterocycles. The van der Waals surface area contributed by atoms with Crippen molar-refractivity contribution < 1.29 is 4.79 Å². The van der Waals surface area contributed by atoms with Crippen LogP contribution in [0.3, 0.4) is 0 Å². The minimum Gasteiger partial charge on any atom is -0.363 e. The molecule has 0 bridgehead atoms. The van der Waals surface area contributed by atoms with Crippen molar-refractivity contribution in [2.45, 2.75) is 45.1 Å². The third-order valence-corrected chi connectivity index (χ3v) is 6.03. The van der Waals surface area contributed by atoms with Crippen molar-refractivity contribution in [3.05, 3.63) is 63.5 Å². The van der Waals surface area contributed by atoms with Crippen LogP contribution in [0.2, 0.25) is 0 Å². The lowest BCUT2D eigenvalue weighted by atomic mass is 9.99. The molecule has 1 aromatic carbocycles. The number of carbonyl (C=O) groups excluding carboxylic acids is 1. The van der Waals surface area contributed by atoms with Gasteiger partial charge >= 0.3 is 0 Å². The van der Waals surface area contributed by atoms with Gasteiger partial charge in [-0.15, -0.1) is 5.10 Å². The van der Waals surface area contributed by atoms with E-state index in [9.17, 15) is 4.79 Å². The minimum absolute atomic E-state index is 0.154. The maximum atomic E-state index is 12.9. The van der Waals surface area contributed by atoms with Crippen molar-refractivity contribution in [3.63, 3.8) is 0 Å². The summed E-state index contributed by atoms with van der Waals surface area (Å²) in [5.41, 5.74) is 3.78. The Morgan fingerprint density at radius 2 is 2.03 bits per heavy atom. The van der Waals surface area contributed by atoms with Gasteiger partial charge in [-0.25, -0.2) is 9.97 Å². The molecule has 8 heteroatoms. The smallest absolute Gasteiger partial charge is 0.265 e. The van der Waals surface area contributed by atoms with Crippen LogP contribution in [0.25, 0.3) is 0 Å². The van der Waals surface area contributed by atoms with E-state index in [0.717, 1.165) is 52.8 Å². The van der Waals surface area contributed by atoms with E-state index in [4.69, 9.17) is 9.97 Å². The standard InChI is InChI=1S/C22H26N6OS/c1-13-6-5-7-16(10-13)18(24-22(29)20-14(2)26-27-30-20)11-17-12-19(28(3)4)25-21(23-17)15-8-9-15/h5-7,10,12,15,18H,8-9,11H2,1-4H3,(H,24,29)/t18-/m1/s1. The molecule has 0 radical (unpaired) electrons. The summed E-state index contributed by atoms with van der Waals surface area (Å²) in [6.07, 6.45) is 2.88. The van der Waals surface area contributed by atoms with Gasteiger partial charge in [0, 0.05) is 38.2 Å². The zero-order chi connectivity index (χ0) is 21.3. The predicted octanol–water partition coefficient (Wildman–Crippen LogP) is 3.60. The molecule has 0 aliphatic heterocycles. The van der Waals surface area contributed by atoms with Gasteiger partial charge in [-0.2, -0.15) is 0 Å². The second-order valence-electron chi connectivity index (χ2n) is 8.08. The Balaban J connectivity index is 1.66. The van der Waals surface area contributed by atoms with Crippen molar-refractivity contribution in [1.29, 1.82) is 0 Å². The Labute approximate surface area is 180 Å². The number of benzene rings is 1. The van der Waals surface area contributed by atoms with Crippen molar-refractivity contribution in [1.82, 2.24) is 24.9 Å². The van der Waals surface area contributed by atoms with Gasteiger partial charge in [-0.3, -0.25) is 4.79 Å². The number of hydrogen-bond acceptors (Lipinski definition) is 7. The van der Waals surface area contributed by atoms with Gasteiger partial charge in [-0.05, 0) is 43.8 Å². The molecule has 1 fully saturated rings. The summed E-state index contributed by atoms with van der Waals surface area (Å²) >= 11 is 1.12. The van der Waals surface area contributed by atoms with Gasteiger partial charge in [0.25, 0.3) is 5.91 Å². The highest BCUT2D eigenvalue weighted by Gasteiger charge is 2.28. The average Bonchev–Trinajstić information content (AvgIpc) is 3.48. The molecule has 1 amide bonds. The number of rotatable bonds is 7. The highest BCUT2D eigenvalue weighted by Crippen LogP contribution is 2.38. The lowest BCUT2D eigenvalue weighted by Crippen LogP contribution is -2.30. The number of aryl methyl sites for hydroxylation is 2. The largest absolute Gasteiger partial charge is 0.363 e. The van der Waals surface area contributed by atoms with E-state index in [0.29, 0.717) is 22.9 Å². The van der Waals surface area contributed by atoms with Crippen LogP contribution >= 0.6 is 11.5 Å². The normalized spacial score (nSPS) is 14.4.